The highest BCUT2D eigenvalue weighted by Gasteiger charge is 2.25. The summed E-state index contributed by atoms with van der Waals surface area (Å²) in [6.07, 6.45) is 3.19. The smallest absolute Gasteiger partial charge is 0.358 e. The highest BCUT2D eigenvalue weighted by atomic mass is 16.6. The van der Waals surface area contributed by atoms with Crippen molar-refractivity contribution in [3.8, 4) is 0 Å². The number of aromatic nitrogens is 2. The van der Waals surface area contributed by atoms with Crippen LogP contribution in [0.3, 0.4) is 0 Å². The fraction of sp³-hybridized carbons (Fsp3) is 0.667. The molecular formula is C12H18N4O3. The molecule has 0 saturated carbocycles. The molecule has 1 atom stereocenters. The normalized spacial score (nSPS) is 19.5. The molecule has 0 radical (unpaired) electrons. The fourth-order valence-electron chi connectivity index (χ4n) is 2.43. The third kappa shape index (κ3) is 2.91. The first-order valence-corrected chi connectivity index (χ1v) is 6.47. The van der Waals surface area contributed by atoms with Crippen LogP contribution in [0, 0.1) is 17.0 Å². The SMILES string of the molecule is Cc1cc([N+](=O)[O-])nn1CC(=O)N1CCCC[C@H]1C. The molecule has 1 fully saturated rings. The van der Waals surface area contributed by atoms with E-state index in [-0.39, 0.29) is 24.3 Å². The molecule has 1 aliphatic rings. The van der Waals surface area contributed by atoms with Crippen LogP contribution in [0.1, 0.15) is 31.9 Å². The lowest BCUT2D eigenvalue weighted by atomic mass is 10.0. The number of amides is 1. The Balaban J connectivity index is 2.08. The van der Waals surface area contributed by atoms with Gasteiger partial charge < -0.3 is 15.0 Å². The Morgan fingerprint density at radius 1 is 1.58 bits per heavy atom. The van der Waals surface area contributed by atoms with Crippen LogP contribution in [0.15, 0.2) is 6.07 Å². The van der Waals surface area contributed by atoms with E-state index in [0.717, 1.165) is 25.8 Å². The topological polar surface area (TPSA) is 81.3 Å². The average molecular weight is 266 g/mol. The van der Waals surface area contributed by atoms with Crippen molar-refractivity contribution in [2.75, 3.05) is 6.54 Å². The number of nitrogens with zero attached hydrogens (tertiary/aromatic N) is 4. The molecule has 7 nitrogen and oxygen atoms in total. The van der Waals surface area contributed by atoms with Gasteiger partial charge in [0, 0.05) is 12.6 Å². The molecule has 1 aliphatic heterocycles. The summed E-state index contributed by atoms with van der Waals surface area (Å²) in [5.41, 5.74) is 0.629. The van der Waals surface area contributed by atoms with Crippen LogP contribution >= 0.6 is 0 Å². The van der Waals surface area contributed by atoms with Gasteiger partial charge in [0.1, 0.15) is 6.54 Å². The number of hydrogen-bond acceptors (Lipinski definition) is 4. The van der Waals surface area contributed by atoms with E-state index < -0.39 is 4.92 Å². The minimum absolute atomic E-state index is 0.0201. The zero-order chi connectivity index (χ0) is 14.0. The molecule has 0 spiro atoms. The zero-order valence-corrected chi connectivity index (χ0v) is 11.2. The fourth-order valence-corrected chi connectivity index (χ4v) is 2.43. The van der Waals surface area contributed by atoms with E-state index in [2.05, 4.69) is 5.10 Å². The number of carbonyl (C=O) groups excluding carboxylic acids is 1. The molecule has 1 saturated heterocycles. The Bertz CT molecular complexity index is 497. The van der Waals surface area contributed by atoms with Crippen molar-refractivity contribution in [2.24, 2.45) is 0 Å². The Hall–Kier alpha value is -1.92. The molecule has 1 aromatic rings. The minimum atomic E-state index is -0.544. The summed E-state index contributed by atoms with van der Waals surface area (Å²) in [5.74, 6) is -0.231. The van der Waals surface area contributed by atoms with E-state index in [4.69, 9.17) is 0 Å². The van der Waals surface area contributed by atoms with Gasteiger partial charge in [-0.15, -0.1) is 0 Å². The molecule has 19 heavy (non-hydrogen) atoms. The molecule has 0 bridgehead atoms. The van der Waals surface area contributed by atoms with Gasteiger partial charge in [-0.2, -0.15) is 4.68 Å². The van der Waals surface area contributed by atoms with Crippen LogP contribution in [-0.2, 0) is 11.3 Å². The maximum absolute atomic E-state index is 12.2. The van der Waals surface area contributed by atoms with Gasteiger partial charge in [-0.3, -0.25) is 4.79 Å². The van der Waals surface area contributed by atoms with Gasteiger partial charge in [0.15, 0.2) is 0 Å². The number of carbonyl (C=O) groups is 1. The van der Waals surface area contributed by atoms with Crippen LogP contribution in [0.25, 0.3) is 0 Å². The Morgan fingerprint density at radius 2 is 2.32 bits per heavy atom. The molecular weight excluding hydrogens is 248 g/mol. The average Bonchev–Trinajstić information content (AvgIpc) is 2.71. The number of hydrogen-bond donors (Lipinski definition) is 0. The van der Waals surface area contributed by atoms with Crippen LogP contribution in [0.5, 0.6) is 0 Å². The van der Waals surface area contributed by atoms with E-state index >= 15 is 0 Å². The zero-order valence-electron chi connectivity index (χ0n) is 11.2. The summed E-state index contributed by atoms with van der Waals surface area (Å²) in [5, 5.41) is 14.5. The van der Waals surface area contributed by atoms with Crippen molar-refractivity contribution in [1.29, 1.82) is 0 Å². The first-order chi connectivity index (χ1) is 8.99. The lowest BCUT2D eigenvalue weighted by Crippen LogP contribution is -2.43. The van der Waals surface area contributed by atoms with E-state index in [1.165, 1.54) is 10.7 Å². The summed E-state index contributed by atoms with van der Waals surface area (Å²) in [6, 6.07) is 1.62. The predicted molar refractivity (Wildman–Crippen MR) is 68.6 cm³/mol. The highest BCUT2D eigenvalue weighted by Crippen LogP contribution is 2.17. The van der Waals surface area contributed by atoms with Gasteiger partial charge in [-0.05, 0) is 38.0 Å². The summed E-state index contributed by atoms with van der Waals surface area (Å²) >= 11 is 0. The number of likely N-dealkylation sites (tertiary alicyclic amines) is 1. The Labute approximate surface area is 111 Å². The molecule has 1 amide bonds. The van der Waals surface area contributed by atoms with E-state index in [1.807, 2.05) is 11.8 Å². The van der Waals surface area contributed by atoms with E-state index in [1.54, 1.807) is 6.92 Å². The van der Waals surface area contributed by atoms with Crippen molar-refractivity contribution in [3.05, 3.63) is 21.9 Å². The second-order valence-electron chi connectivity index (χ2n) is 4.99. The monoisotopic (exact) mass is 266 g/mol. The second-order valence-corrected chi connectivity index (χ2v) is 4.99. The largest absolute Gasteiger partial charge is 0.390 e. The molecule has 104 valence electrons. The number of nitro groups is 1. The summed E-state index contributed by atoms with van der Waals surface area (Å²) in [7, 11) is 0. The summed E-state index contributed by atoms with van der Waals surface area (Å²) in [4.78, 5) is 24.1. The molecule has 7 heteroatoms. The maximum atomic E-state index is 12.2. The second kappa shape index (κ2) is 5.38. The lowest BCUT2D eigenvalue weighted by molar-refractivity contribution is -0.389. The van der Waals surface area contributed by atoms with Crippen molar-refractivity contribution in [1.82, 2.24) is 14.7 Å². The maximum Gasteiger partial charge on any atom is 0.390 e. The predicted octanol–water partition coefficient (Wildman–Crippen LogP) is 1.50. The molecule has 0 unspecified atom stereocenters. The van der Waals surface area contributed by atoms with Crippen LogP contribution in [0.4, 0.5) is 5.82 Å². The van der Waals surface area contributed by atoms with Gasteiger partial charge in [0.2, 0.25) is 5.91 Å². The van der Waals surface area contributed by atoms with Crippen molar-refractivity contribution in [3.63, 3.8) is 0 Å². The van der Waals surface area contributed by atoms with Gasteiger partial charge in [0.05, 0.1) is 16.9 Å². The summed E-state index contributed by atoms with van der Waals surface area (Å²) < 4.78 is 1.40. The van der Waals surface area contributed by atoms with Crippen molar-refractivity contribution < 1.29 is 9.72 Å². The quantitative estimate of drug-likeness (QED) is 0.613. The summed E-state index contributed by atoms with van der Waals surface area (Å²) in [6.45, 7) is 4.59. The van der Waals surface area contributed by atoms with E-state index in [0.29, 0.717) is 5.69 Å². The van der Waals surface area contributed by atoms with E-state index in [9.17, 15) is 14.9 Å². The van der Waals surface area contributed by atoms with Crippen LogP contribution < -0.4 is 0 Å². The molecule has 0 aliphatic carbocycles. The number of aryl methyl sites for hydroxylation is 1. The third-order valence-electron chi connectivity index (χ3n) is 3.56. The van der Waals surface area contributed by atoms with Gasteiger partial charge in [-0.1, -0.05) is 0 Å². The van der Waals surface area contributed by atoms with Crippen molar-refractivity contribution in [2.45, 2.75) is 45.7 Å². The highest BCUT2D eigenvalue weighted by molar-refractivity contribution is 5.76. The molecule has 1 aromatic heterocycles. The first kappa shape index (κ1) is 13.5. The molecule has 2 heterocycles. The number of rotatable bonds is 3. The molecule has 2 rings (SSSR count). The standard InChI is InChI=1S/C12H18N4O3/c1-9-5-3-4-6-14(9)12(17)8-15-10(2)7-11(13-15)16(18)19/h7,9H,3-6,8H2,1-2H3/t9-/m1/s1. The third-order valence-corrected chi connectivity index (χ3v) is 3.56. The lowest BCUT2D eigenvalue weighted by Gasteiger charge is -2.33. The van der Waals surface area contributed by atoms with Gasteiger partial charge >= 0.3 is 5.82 Å². The minimum Gasteiger partial charge on any atom is -0.358 e. The van der Waals surface area contributed by atoms with Gasteiger partial charge in [0.25, 0.3) is 0 Å². The van der Waals surface area contributed by atoms with Crippen molar-refractivity contribution >= 4 is 11.7 Å². The first-order valence-electron chi connectivity index (χ1n) is 6.47. The number of piperidine rings is 1. The Kier molecular flexibility index (Phi) is 3.82. The molecule has 0 aromatic carbocycles. The van der Waals surface area contributed by atoms with Gasteiger partial charge in [-0.25, -0.2) is 0 Å². The molecule has 0 N–H and O–H groups in total. The van der Waals surface area contributed by atoms with Crippen LogP contribution in [0.2, 0.25) is 0 Å². The Morgan fingerprint density at radius 3 is 2.89 bits per heavy atom. The van der Waals surface area contributed by atoms with Crippen LogP contribution in [-0.4, -0.2) is 38.1 Å².